The predicted octanol–water partition coefficient (Wildman–Crippen LogP) is 5.98. The van der Waals surface area contributed by atoms with Crippen LogP contribution in [0, 0.1) is 0 Å². The Morgan fingerprint density at radius 1 is 1.06 bits per heavy atom. The number of aromatic nitrogens is 2. The second kappa shape index (κ2) is 11.1. The van der Waals surface area contributed by atoms with Gasteiger partial charge in [0.2, 0.25) is 5.91 Å². The lowest BCUT2D eigenvalue weighted by Crippen LogP contribution is -2.38. The third kappa shape index (κ3) is 6.55. The minimum Gasteiger partial charge on any atom is -0.497 e. The van der Waals surface area contributed by atoms with E-state index in [1.807, 2.05) is 37.3 Å². The zero-order chi connectivity index (χ0) is 25.8. The number of methoxy groups -OCH3 is 1. The molecule has 0 atom stereocenters. The zero-order valence-corrected chi connectivity index (χ0v) is 22.1. The topological polar surface area (TPSA) is 76.5 Å². The van der Waals surface area contributed by atoms with Crippen LogP contribution in [0.5, 0.6) is 5.75 Å². The van der Waals surface area contributed by atoms with Gasteiger partial charge in [-0.25, -0.2) is 4.68 Å². The molecule has 0 fully saturated rings. The van der Waals surface area contributed by atoms with Gasteiger partial charge in [-0.05, 0) is 48.9 Å². The highest BCUT2D eigenvalue weighted by Crippen LogP contribution is 2.27. The summed E-state index contributed by atoms with van der Waals surface area (Å²) in [7, 11) is 1.60. The summed E-state index contributed by atoms with van der Waals surface area (Å²) in [4.78, 5) is 27.7. The smallest absolute Gasteiger partial charge is 0.254 e. The summed E-state index contributed by atoms with van der Waals surface area (Å²) < 4.78 is 6.93. The van der Waals surface area contributed by atoms with Gasteiger partial charge in [0.05, 0.1) is 28.5 Å². The number of nitrogens with one attached hydrogen (secondary N) is 1. The fourth-order valence-electron chi connectivity index (χ4n) is 3.45. The third-order valence-electron chi connectivity index (χ3n) is 5.34. The van der Waals surface area contributed by atoms with Crippen molar-refractivity contribution in [3.05, 3.63) is 69.8 Å². The van der Waals surface area contributed by atoms with Crippen LogP contribution in [0.4, 0.5) is 5.82 Å². The van der Waals surface area contributed by atoms with E-state index < -0.39 is 0 Å². The van der Waals surface area contributed by atoms with Gasteiger partial charge in [0, 0.05) is 23.6 Å². The number of carbonyl (C=O) groups is 2. The average molecular weight is 517 g/mol. The van der Waals surface area contributed by atoms with E-state index in [1.54, 1.807) is 23.9 Å². The maximum absolute atomic E-state index is 13.1. The van der Waals surface area contributed by atoms with Crippen molar-refractivity contribution in [2.75, 3.05) is 25.5 Å². The normalized spacial score (nSPS) is 11.3. The van der Waals surface area contributed by atoms with Crippen LogP contribution in [0.15, 0.2) is 48.5 Å². The van der Waals surface area contributed by atoms with Crippen molar-refractivity contribution in [1.29, 1.82) is 0 Å². The number of ether oxygens (including phenoxy) is 1. The van der Waals surface area contributed by atoms with E-state index in [0.29, 0.717) is 29.4 Å². The van der Waals surface area contributed by atoms with Gasteiger partial charge in [-0.1, -0.05) is 50.9 Å². The van der Waals surface area contributed by atoms with Crippen molar-refractivity contribution < 1.29 is 14.3 Å². The first kappa shape index (κ1) is 26.6. The van der Waals surface area contributed by atoms with Gasteiger partial charge in [-0.2, -0.15) is 5.10 Å². The van der Waals surface area contributed by atoms with Crippen LogP contribution in [0.2, 0.25) is 10.0 Å². The van der Waals surface area contributed by atoms with Crippen LogP contribution in [0.1, 0.15) is 50.2 Å². The molecule has 0 aliphatic rings. The molecule has 1 heterocycles. The number of amides is 2. The highest BCUT2D eigenvalue weighted by molar-refractivity contribution is 6.42. The molecule has 2 aromatic carbocycles. The molecule has 0 spiro atoms. The van der Waals surface area contributed by atoms with Crippen LogP contribution >= 0.6 is 23.2 Å². The molecule has 7 nitrogen and oxygen atoms in total. The molecular weight excluding hydrogens is 487 g/mol. The van der Waals surface area contributed by atoms with Crippen LogP contribution in [0.3, 0.4) is 0 Å². The summed E-state index contributed by atoms with van der Waals surface area (Å²) in [5, 5.41) is 8.32. The van der Waals surface area contributed by atoms with Crippen LogP contribution in [0.25, 0.3) is 5.69 Å². The molecule has 35 heavy (non-hydrogen) atoms. The highest BCUT2D eigenvalue weighted by Gasteiger charge is 2.23. The first-order valence-electron chi connectivity index (χ1n) is 11.3. The maximum atomic E-state index is 13.1. The predicted molar refractivity (Wildman–Crippen MR) is 140 cm³/mol. The van der Waals surface area contributed by atoms with E-state index in [0.717, 1.165) is 17.1 Å². The monoisotopic (exact) mass is 516 g/mol. The van der Waals surface area contributed by atoms with Gasteiger partial charge in [0.15, 0.2) is 0 Å². The second-order valence-corrected chi connectivity index (χ2v) is 9.99. The Kier molecular flexibility index (Phi) is 8.46. The van der Waals surface area contributed by atoms with Crippen molar-refractivity contribution in [2.24, 2.45) is 0 Å². The van der Waals surface area contributed by atoms with Crippen molar-refractivity contribution in [1.82, 2.24) is 14.7 Å². The highest BCUT2D eigenvalue weighted by atomic mass is 35.5. The van der Waals surface area contributed by atoms with Crippen LogP contribution in [-0.2, 0) is 10.2 Å². The number of carbonyl (C=O) groups excluding carboxylic acids is 2. The first-order chi connectivity index (χ1) is 16.5. The van der Waals surface area contributed by atoms with E-state index in [9.17, 15) is 9.59 Å². The molecule has 9 heteroatoms. The average Bonchev–Trinajstić information content (AvgIpc) is 3.24. The van der Waals surface area contributed by atoms with Gasteiger partial charge in [0.25, 0.3) is 5.91 Å². The Balaban J connectivity index is 1.85. The first-order valence-corrected chi connectivity index (χ1v) is 12.1. The lowest BCUT2D eigenvalue weighted by Gasteiger charge is -2.22. The molecule has 0 unspecified atom stereocenters. The Morgan fingerprint density at radius 3 is 2.31 bits per heavy atom. The molecule has 0 aliphatic carbocycles. The summed E-state index contributed by atoms with van der Waals surface area (Å²) in [6.07, 6.45) is 0.693. The van der Waals surface area contributed by atoms with Crippen LogP contribution < -0.4 is 10.1 Å². The molecule has 0 radical (unpaired) electrons. The number of hydrogen-bond donors (Lipinski definition) is 1. The second-order valence-electron chi connectivity index (χ2n) is 9.18. The summed E-state index contributed by atoms with van der Waals surface area (Å²) in [5.41, 5.74) is 1.74. The number of hydrogen-bond acceptors (Lipinski definition) is 4. The fraction of sp³-hybridized carbons (Fsp3) is 0.346. The van der Waals surface area contributed by atoms with Crippen LogP contribution in [-0.4, -0.2) is 46.7 Å². The maximum Gasteiger partial charge on any atom is 0.254 e. The van der Waals surface area contributed by atoms with E-state index in [1.165, 1.54) is 11.0 Å². The number of benzene rings is 2. The van der Waals surface area contributed by atoms with E-state index in [4.69, 9.17) is 33.0 Å². The zero-order valence-electron chi connectivity index (χ0n) is 20.6. The fourth-order valence-corrected chi connectivity index (χ4v) is 3.74. The van der Waals surface area contributed by atoms with E-state index in [-0.39, 0.29) is 28.8 Å². The molecule has 3 aromatic rings. The SMILES string of the molecule is CCCN(CC(=O)Nc1cc(C(C)(C)C)nn1-c1ccc(OC)cc1)C(=O)c1ccc(Cl)c(Cl)c1. The quantitative estimate of drug-likeness (QED) is 0.399. The van der Waals surface area contributed by atoms with Gasteiger partial charge >= 0.3 is 0 Å². The molecule has 1 N–H and O–H groups in total. The molecule has 2 amide bonds. The van der Waals surface area contributed by atoms with E-state index >= 15 is 0 Å². The Hall–Kier alpha value is -3.03. The van der Waals surface area contributed by atoms with Gasteiger partial charge in [-0.3, -0.25) is 9.59 Å². The number of halogens is 2. The molecule has 0 aliphatic heterocycles. The van der Waals surface area contributed by atoms with Crippen molar-refractivity contribution in [2.45, 2.75) is 39.5 Å². The number of nitrogens with zero attached hydrogens (tertiary/aromatic N) is 3. The molecule has 0 saturated carbocycles. The van der Waals surface area contributed by atoms with Gasteiger partial charge in [0.1, 0.15) is 18.1 Å². The number of anilines is 1. The lowest BCUT2D eigenvalue weighted by atomic mass is 9.92. The largest absolute Gasteiger partial charge is 0.497 e. The molecule has 3 rings (SSSR count). The number of rotatable bonds is 8. The van der Waals surface area contributed by atoms with Gasteiger partial charge < -0.3 is 15.0 Å². The minimum absolute atomic E-state index is 0.119. The molecule has 0 bridgehead atoms. The molecule has 1 aromatic heterocycles. The molecule has 186 valence electrons. The molecular formula is C26H30Cl2N4O3. The van der Waals surface area contributed by atoms with Crippen molar-refractivity contribution in [3.8, 4) is 11.4 Å². The Labute approximate surface area is 216 Å². The Morgan fingerprint density at radius 2 is 1.74 bits per heavy atom. The Bertz CT molecular complexity index is 1200. The summed E-state index contributed by atoms with van der Waals surface area (Å²) >= 11 is 12.1. The van der Waals surface area contributed by atoms with Gasteiger partial charge in [-0.15, -0.1) is 0 Å². The lowest BCUT2D eigenvalue weighted by molar-refractivity contribution is -0.116. The summed E-state index contributed by atoms with van der Waals surface area (Å²) in [6.45, 7) is 8.40. The third-order valence-corrected chi connectivity index (χ3v) is 6.08. The summed E-state index contributed by atoms with van der Waals surface area (Å²) in [5.74, 6) is 0.615. The minimum atomic E-state index is -0.331. The molecule has 0 saturated heterocycles. The van der Waals surface area contributed by atoms with Crippen molar-refractivity contribution >= 4 is 40.8 Å². The van der Waals surface area contributed by atoms with Crippen molar-refractivity contribution in [3.63, 3.8) is 0 Å². The summed E-state index contributed by atoms with van der Waals surface area (Å²) in [6, 6.07) is 13.9. The standard InChI is InChI=1S/C26H30Cl2N4O3/c1-6-13-31(25(34)17-7-12-20(27)21(28)14-17)16-24(33)29-23-15-22(26(2,3)4)30-32(23)18-8-10-19(35-5)11-9-18/h7-12,14-15H,6,13,16H2,1-5H3,(H,29,33). The van der Waals surface area contributed by atoms with E-state index in [2.05, 4.69) is 26.1 Å².